The minimum atomic E-state index is -0.808. The van der Waals surface area contributed by atoms with E-state index in [-0.39, 0.29) is 30.0 Å². The van der Waals surface area contributed by atoms with Crippen molar-refractivity contribution in [2.45, 2.75) is 46.0 Å². The van der Waals surface area contributed by atoms with Crippen LogP contribution in [0.15, 0.2) is 30.5 Å². The van der Waals surface area contributed by atoms with E-state index >= 15 is 0 Å². The van der Waals surface area contributed by atoms with Crippen LogP contribution in [0, 0.1) is 17.7 Å². The van der Waals surface area contributed by atoms with E-state index < -0.39 is 17.2 Å². The molecule has 28 heavy (non-hydrogen) atoms. The van der Waals surface area contributed by atoms with Gasteiger partial charge in [-0.05, 0) is 24.1 Å². The number of pyridine rings is 2. The first-order valence-electron chi connectivity index (χ1n) is 8.94. The third-order valence-electron chi connectivity index (χ3n) is 3.96. The van der Waals surface area contributed by atoms with Crippen molar-refractivity contribution in [3.8, 4) is 0 Å². The van der Waals surface area contributed by atoms with Crippen molar-refractivity contribution in [3.05, 3.63) is 47.9 Å². The SMILES string of the molecule is CC(C)CC(=O)Nc1cc(F)cc(C(C)(C)CC(=O)Nc2ccc(F)nc2)n1. The Morgan fingerprint density at radius 1 is 1.11 bits per heavy atom. The molecule has 0 saturated heterocycles. The molecule has 0 aliphatic carbocycles. The van der Waals surface area contributed by atoms with Gasteiger partial charge in [0.05, 0.1) is 17.6 Å². The molecule has 2 aromatic heterocycles. The number of hydrogen-bond donors (Lipinski definition) is 2. The molecular formula is C20H24F2N4O2. The first kappa shape index (κ1) is 21.4. The second kappa shape index (κ2) is 8.86. The number of carbonyl (C=O) groups is 2. The third-order valence-corrected chi connectivity index (χ3v) is 3.96. The highest BCUT2D eigenvalue weighted by atomic mass is 19.1. The molecule has 2 aromatic rings. The zero-order chi connectivity index (χ0) is 20.9. The third kappa shape index (κ3) is 6.37. The van der Waals surface area contributed by atoms with E-state index in [1.165, 1.54) is 18.3 Å². The number of rotatable bonds is 7. The van der Waals surface area contributed by atoms with Crippen molar-refractivity contribution >= 4 is 23.3 Å². The highest BCUT2D eigenvalue weighted by Gasteiger charge is 2.27. The van der Waals surface area contributed by atoms with Crippen LogP contribution < -0.4 is 10.6 Å². The number of amides is 2. The molecule has 2 amide bonds. The molecule has 0 aliphatic heterocycles. The summed E-state index contributed by atoms with van der Waals surface area (Å²) < 4.78 is 26.9. The quantitative estimate of drug-likeness (QED) is 0.699. The van der Waals surface area contributed by atoms with E-state index in [4.69, 9.17) is 0 Å². The summed E-state index contributed by atoms with van der Waals surface area (Å²) in [6.07, 6.45) is 1.51. The molecule has 0 fully saturated rings. The Kier molecular flexibility index (Phi) is 6.77. The standard InChI is InChI=1S/C20H24F2N4O2/c1-12(2)7-18(27)26-17-9-13(21)8-15(25-17)20(3,4)10-19(28)24-14-5-6-16(22)23-11-14/h5-6,8-9,11-12H,7,10H2,1-4H3,(H,24,28)(H,25,26,27). The van der Waals surface area contributed by atoms with Gasteiger partial charge in [-0.2, -0.15) is 4.39 Å². The molecule has 0 bridgehead atoms. The summed E-state index contributed by atoms with van der Waals surface area (Å²) in [5.41, 5.74) is -0.118. The number of anilines is 2. The topological polar surface area (TPSA) is 84.0 Å². The van der Waals surface area contributed by atoms with Crippen molar-refractivity contribution in [1.82, 2.24) is 9.97 Å². The van der Waals surface area contributed by atoms with Gasteiger partial charge in [-0.25, -0.2) is 14.4 Å². The number of carbonyl (C=O) groups excluding carboxylic acids is 2. The highest BCUT2D eigenvalue weighted by molar-refractivity contribution is 5.91. The highest BCUT2D eigenvalue weighted by Crippen LogP contribution is 2.28. The lowest BCUT2D eigenvalue weighted by Crippen LogP contribution is -2.27. The Morgan fingerprint density at radius 2 is 1.82 bits per heavy atom. The van der Waals surface area contributed by atoms with Crippen LogP contribution in [0.25, 0.3) is 0 Å². The second-order valence-corrected chi connectivity index (χ2v) is 7.68. The van der Waals surface area contributed by atoms with Crippen molar-refractivity contribution in [2.24, 2.45) is 5.92 Å². The predicted octanol–water partition coefficient (Wildman–Crippen LogP) is 4.05. The maximum absolute atomic E-state index is 14.1. The molecule has 0 atom stereocenters. The van der Waals surface area contributed by atoms with Gasteiger partial charge < -0.3 is 10.6 Å². The van der Waals surface area contributed by atoms with E-state index in [0.717, 1.165) is 12.1 Å². The van der Waals surface area contributed by atoms with Gasteiger partial charge in [-0.15, -0.1) is 0 Å². The second-order valence-electron chi connectivity index (χ2n) is 7.68. The largest absolute Gasteiger partial charge is 0.325 e. The Labute approximate surface area is 162 Å². The summed E-state index contributed by atoms with van der Waals surface area (Å²) in [4.78, 5) is 32.0. The molecule has 0 unspecified atom stereocenters. The fourth-order valence-corrected chi connectivity index (χ4v) is 2.62. The lowest BCUT2D eigenvalue weighted by Gasteiger charge is -2.24. The van der Waals surface area contributed by atoms with Gasteiger partial charge in [0, 0.05) is 24.3 Å². The molecule has 0 spiro atoms. The first-order chi connectivity index (χ1) is 13.0. The molecule has 2 N–H and O–H groups in total. The van der Waals surface area contributed by atoms with Crippen LogP contribution >= 0.6 is 0 Å². The van der Waals surface area contributed by atoms with Crippen molar-refractivity contribution < 1.29 is 18.4 Å². The lowest BCUT2D eigenvalue weighted by atomic mass is 9.84. The number of nitrogens with one attached hydrogen (secondary N) is 2. The van der Waals surface area contributed by atoms with E-state index in [1.807, 2.05) is 13.8 Å². The molecule has 2 rings (SSSR count). The Hall–Kier alpha value is -2.90. The average molecular weight is 390 g/mol. The van der Waals surface area contributed by atoms with Gasteiger partial charge in [0.1, 0.15) is 11.6 Å². The zero-order valence-corrected chi connectivity index (χ0v) is 16.3. The minimum absolute atomic E-state index is 0.000209. The van der Waals surface area contributed by atoms with E-state index in [1.54, 1.807) is 13.8 Å². The summed E-state index contributed by atoms with van der Waals surface area (Å²) in [5.74, 6) is -1.53. The number of nitrogens with zero attached hydrogens (tertiary/aromatic N) is 2. The van der Waals surface area contributed by atoms with Crippen molar-refractivity contribution in [1.29, 1.82) is 0 Å². The number of halogens is 2. The normalized spacial score (nSPS) is 11.4. The molecular weight excluding hydrogens is 366 g/mol. The van der Waals surface area contributed by atoms with Crippen molar-refractivity contribution in [2.75, 3.05) is 10.6 Å². The maximum atomic E-state index is 14.1. The molecule has 0 saturated carbocycles. The molecule has 0 aromatic carbocycles. The molecule has 0 aliphatic rings. The fraction of sp³-hybridized carbons (Fsp3) is 0.400. The van der Waals surface area contributed by atoms with Crippen LogP contribution in [-0.2, 0) is 15.0 Å². The van der Waals surface area contributed by atoms with Gasteiger partial charge in [0.15, 0.2) is 0 Å². The van der Waals surface area contributed by atoms with E-state index in [9.17, 15) is 18.4 Å². The Balaban J connectivity index is 2.11. The fourth-order valence-electron chi connectivity index (χ4n) is 2.62. The van der Waals surface area contributed by atoms with E-state index in [0.29, 0.717) is 17.8 Å². The van der Waals surface area contributed by atoms with Crippen LogP contribution in [0.4, 0.5) is 20.3 Å². The average Bonchev–Trinajstić information content (AvgIpc) is 2.55. The van der Waals surface area contributed by atoms with Gasteiger partial charge in [-0.3, -0.25) is 9.59 Å². The number of hydrogen-bond acceptors (Lipinski definition) is 4. The molecule has 8 heteroatoms. The molecule has 2 heterocycles. The summed E-state index contributed by atoms with van der Waals surface area (Å²) in [7, 11) is 0. The van der Waals surface area contributed by atoms with Crippen LogP contribution in [0.3, 0.4) is 0 Å². The van der Waals surface area contributed by atoms with Gasteiger partial charge in [0.2, 0.25) is 17.8 Å². The van der Waals surface area contributed by atoms with Crippen LogP contribution in [0.2, 0.25) is 0 Å². The Bertz CT molecular complexity index is 852. The molecule has 6 nitrogen and oxygen atoms in total. The lowest BCUT2D eigenvalue weighted by molar-refractivity contribution is -0.118. The molecule has 150 valence electrons. The monoisotopic (exact) mass is 390 g/mol. The minimum Gasteiger partial charge on any atom is -0.325 e. The maximum Gasteiger partial charge on any atom is 0.225 e. The summed E-state index contributed by atoms with van der Waals surface area (Å²) in [5, 5.41) is 5.21. The van der Waals surface area contributed by atoms with Crippen LogP contribution in [0.1, 0.15) is 46.2 Å². The first-order valence-corrected chi connectivity index (χ1v) is 8.94. The smallest absolute Gasteiger partial charge is 0.225 e. The van der Waals surface area contributed by atoms with Crippen LogP contribution in [0.5, 0.6) is 0 Å². The Morgan fingerprint density at radius 3 is 2.43 bits per heavy atom. The van der Waals surface area contributed by atoms with E-state index in [2.05, 4.69) is 20.6 Å². The zero-order valence-electron chi connectivity index (χ0n) is 16.3. The van der Waals surface area contributed by atoms with Crippen molar-refractivity contribution in [3.63, 3.8) is 0 Å². The van der Waals surface area contributed by atoms with Gasteiger partial charge in [0.25, 0.3) is 0 Å². The van der Waals surface area contributed by atoms with Crippen LogP contribution in [-0.4, -0.2) is 21.8 Å². The summed E-state index contributed by atoms with van der Waals surface area (Å²) >= 11 is 0. The molecule has 0 radical (unpaired) electrons. The number of aromatic nitrogens is 2. The summed E-state index contributed by atoms with van der Waals surface area (Å²) in [6, 6.07) is 4.92. The van der Waals surface area contributed by atoms with Gasteiger partial charge >= 0.3 is 0 Å². The summed E-state index contributed by atoms with van der Waals surface area (Å²) in [6.45, 7) is 7.30. The predicted molar refractivity (Wildman–Crippen MR) is 103 cm³/mol. The van der Waals surface area contributed by atoms with Gasteiger partial charge in [-0.1, -0.05) is 27.7 Å².